The minimum atomic E-state index is -0.974. The normalized spacial score (nSPS) is 16.6. The molecule has 1 unspecified atom stereocenters. The van der Waals surface area contributed by atoms with E-state index >= 15 is 0 Å². The Balaban J connectivity index is 1.72. The molecule has 0 spiro atoms. The van der Waals surface area contributed by atoms with Crippen LogP contribution < -0.4 is 10.9 Å². The lowest BCUT2D eigenvalue weighted by atomic mass is 9.72. The number of rotatable bonds is 8. The number of carbonyl (C=O) groups is 4. The fourth-order valence-corrected chi connectivity index (χ4v) is 4.52. The maximum atomic E-state index is 13.2. The summed E-state index contributed by atoms with van der Waals surface area (Å²) in [6.45, 7) is 8.44. The summed E-state index contributed by atoms with van der Waals surface area (Å²) in [4.78, 5) is 52.4. The quantitative estimate of drug-likeness (QED) is 0.317. The summed E-state index contributed by atoms with van der Waals surface area (Å²) in [5, 5.41) is 0. The second-order valence-electron chi connectivity index (χ2n) is 9.96. The summed E-state index contributed by atoms with van der Waals surface area (Å²) in [5.74, 6) is -2.18. The van der Waals surface area contributed by atoms with Gasteiger partial charge in [-0.25, -0.2) is 19.9 Å². The van der Waals surface area contributed by atoms with Gasteiger partial charge in [-0.05, 0) is 44.7 Å². The maximum absolute atomic E-state index is 13.2. The number of nitrogens with one attached hydrogen (secondary N) is 2. The Morgan fingerprint density at radius 2 is 1.43 bits per heavy atom. The predicted octanol–water partition coefficient (Wildman–Crippen LogP) is 3.89. The Morgan fingerprint density at radius 1 is 0.919 bits per heavy atom. The van der Waals surface area contributed by atoms with Crippen LogP contribution in [-0.4, -0.2) is 47.2 Å². The molecular weight excluding hydrogens is 474 g/mol. The van der Waals surface area contributed by atoms with Crippen LogP contribution in [0.5, 0.6) is 0 Å². The van der Waals surface area contributed by atoms with Gasteiger partial charge in [-0.2, -0.15) is 0 Å². The molecule has 9 heteroatoms. The smallest absolute Gasteiger partial charge is 0.344 e. The van der Waals surface area contributed by atoms with Crippen LogP contribution in [0.2, 0.25) is 0 Å². The topological polar surface area (TPSA) is 114 Å². The van der Waals surface area contributed by atoms with E-state index in [0.717, 1.165) is 16.0 Å². The standard InChI is InChI=1S/C28H35N3O6/c1-6-28(7-2)24(34)31(25(28)36-18-21(32)37-27(3,4)5)26(35)30-29-23(33)22(19-14-10-8-11-15-19)20-16-12-9-13-17-20/h8-17,22,25H,6-7,18H2,1-5H3,(H,29,33)(H,30,35). The highest BCUT2D eigenvalue weighted by molar-refractivity contribution is 6.04. The highest BCUT2D eigenvalue weighted by Crippen LogP contribution is 2.45. The Kier molecular flexibility index (Phi) is 8.70. The molecule has 1 aliphatic rings. The summed E-state index contributed by atoms with van der Waals surface area (Å²) in [6.07, 6.45) is -0.137. The van der Waals surface area contributed by atoms with E-state index < -0.39 is 53.6 Å². The third-order valence-corrected chi connectivity index (χ3v) is 6.43. The van der Waals surface area contributed by atoms with Crippen molar-refractivity contribution in [1.29, 1.82) is 0 Å². The van der Waals surface area contributed by atoms with Gasteiger partial charge in [-0.3, -0.25) is 15.0 Å². The van der Waals surface area contributed by atoms with E-state index in [9.17, 15) is 19.2 Å². The van der Waals surface area contributed by atoms with E-state index in [1.807, 2.05) is 74.5 Å². The molecule has 3 rings (SSSR count). The highest BCUT2D eigenvalue weighted by Gasteiger charge is 2.62. The van der Waals surface area contributed by atoms with Crippen LogP contribution in [0.15, 0.2) is 60.7 Å². The van der Waals surface area contributed by atoms with E-state index in [1.165, 1.54) is 0 Å². The number of likely N-dealkylation sites (tertiary alicyclic amines) is 1. The molecule has 2 aromatic rings. The molecule has 1 atom stereocenters. The molecule has 0 bridgehead atoms. The Labute approximate surface area is 217 Å². The van der Waals surface area contributed by atoms with Crippen molar-refractivity contribution in [3.8, 4) is 0 Å². The summed E-state index contributed by atoms with van der Waals surface area (Å²) < 4.78 is 11.0. The number of amides is 4. The number of hydrogen-bond donors (Lipinski definition) is 2. The number of imide groups is 1. The third-order valence-electron chi connectivity index (χ3n) is 6.43. The van der Waals surface area contributed by atoms with Gasteiger partial charge < -0.3 is 9.47 Å². The summed E-state index contributed by atoms with van der Waals surface area (Å²) >= 11 is 0. The second kappa shape index (κ2) is 11.6. The molecule has 4 amide bonds. The van der Waals surface area contributed by atoms with Crippen LogP contribution in [-0.2, 0) is 23.9 Å². The monoisotopic (exact) mass is 509 g/mol. The molecule has 0 aliphatic carbocycles. The fraction of sp³-hybridized carbons (Fsp3) is 0.429. The lowest BCUT2D eigenvalue weighted by Crippen LogP contribution is -2.73. The first-order valence-electron chi connectivity index (χ1n) is 12.4. The van der Waals surface area contributed by atoms with Crippen LogP contribution in [0, 0.1) is 5.41 Å². The average molecular weight is 510 g/mol. The molecule has 0 saturated carbocycles. The molecule has 1 aliphatic heterocycles. The summed E-state index contributed by atoms with van der Waals surface area (Å²) in [7, 11) is 0. The first kappa shape index (κ1) is 27.9. The fourth-order valence-electron chi connectivity index (χ4n) is 4.52. The Bertz CT molecular complexity index is 1070. The number of hydrogen-bond acceptors (Lipinski definition) is 6. The largest absolute Gasteiger partial charge is 0.458 e. The molecule has 2 aromatic carbocycles. The number of carbonyl (C=O) groups excluding carboxylic acids is 4. The molecule has 9 nitrogen and oxygen atoms in total. The zero-order valence-corrected chi connectivity index (χ0v) is 21.9. The van der Waals surface area contributed by atoms with Gasteiger partial charge in [0, 0.05) is 0 Å². The van der Waals surface area contributed by atoms with Crippen molar-refractivity contribution in [2.75, 3.05) is 6.61 Å². The van der Waals surface area contributed by atoms with Crippen molar-refractivity contribution < 1.29 is 28.7 Å². The van der Waals surface area contributed by atoms with Gasteiger partial charge in [0.1, 0.15) is 12.2 Å². The van der Waals surface area contributed by atoms with Crippen LogP contribution in [0.25, 0.3) is 0 Å². The Hall–Kier alpha value is -3.72. The van der Waals surface area contributed by atoms with Crippen molar-refractivity contribution in [2.24, 2.45) is 5.41 Å². The first-order chi connectivity index (χ1) is 17.5. The van der Waals surface area contributed by atoms with Crippen molar-refractivity contribution in [3.05, 3.63) is 71.8 Å². The van der Waals surface area contributed by atoms with Gasteiger partial charge in [0.15, 0.2) is 6.23 Å². The second-order valence-corrected chi connectivity index (χ2v) is 9.96. The van der Waals surface area contributed by atoms with Gasteiger partial charge in [-0.1, -0.05) is 74.5 Å². The molecule has 2 N–H and O–H groups in total. The van der Waals surface area contributed by atoms with E-state index in [4.69, 9.17) is 9.47 Å². The van der Waals surface area contributed by atoms with Crippen LogP contribution >= 0.6 is 0 Å². The van der Waals surface area contributed by atoms with Crippen LogP contribution in [0.3, 0.4) is 0 Å². The number of ether oxygens (including phenoxy) is 2. The zero-order chi connectivity index (χ0) is 27.2. The maximum Gasteiger partial charge on any atom is 0.344 e. The zero-order valence-electron chi connectivity index (χ0n) is 21.9. The van der Waals surface area contributed by atoms with E-state index in [-0.39, 0.29) is 0 Å². The van der Waals surface area contributed by atoms with Crippen LogP contribution in [0.4, 0.5) is 4.79 Å². The van der Waals surface area contributed by atoms with E-state index in [2.05, 4.69) is 10.9 Å². The molecule has 37 heavy (non-hydrogen) atoms. The molecule has 1 saturated heterocycles. The molecule has 1 heterocycles. The SMILES string of the molecule is CCC1(CC)C(=O)N(C(=O)NNC(=O)C(c2ccccc2)c2ccccc2)C1OCC(=O)OC(C)(C)C. The summed E-state index contributed by atoms with van der Waals surface area (Å²) in [6, 6.07) is 17.5. The molecule has 1 fully saturated rings. The highest BCUT2D eigenvalue weighted by atomic mass is 16.6. The van der Waals surface area contributed by atoms with E-state index in [1.54, 1.807) is 20.8 Å². The van der Waals surface area contributed by atoms with Gasteiger partial charge in [0.05, 0.1) is 11.3 Å². The van der Waals surface area contributed by atoms with Gasteiger partial charge in [0.25, 0.3) is 0 Å². The number of urea groups is 1. The lowest BCUT2D eigenvalue weighted by molar-refractivity contribution is -0.215. The van der Waals surface area contributed by atoms with Gasteiger partial charge in [-0.15, -0.1) is 0 Å². The number of esters is 1. The number of nitrogens with zero attached hydrogens (tertiary/aromatic N) is 1. The summed E-state index contributed by atoms with van der Waals surface area (Å²) in [5.41, 5.74) is 4.65. The molecule has 0 aromatic heterocycles. The molecule has 0 radical (unpaired) electrons. The Morgan fingerprint density at radius 3 is 1.89 bits per heavy atom. The minimum absolute atomic E-state index is 0.418. The van der Waals surface area contributed by atoms with Crippen LogP contribution in [0.1, 0.15) is 64.5 Å². The number of benzene rings is 2. The first-order valence-corrected chi connectivity index (χ1v) is 12.4. The lowest BCUT2D eigenvalue weighted by Gasteiger charge is -2.53. The van der Waals surface area contributed by atoms with Gasteiger partial charge in [0.2, 0.25) is 11.8 Å². The average Bonchev–Trinajstić information content (AvgIpc) is 2.86. The van der Waals surface area contributed by atoms with Gasteiger partial charge >= 0.3 is 12.0 Å². The van der Waals surface area contributed by atoms with Crippen molar-refractivity contribution in [2.45, 2.75) is 65.2 Å². The molecule has 198 valence electrons. The third kappa shape index (κ3) is 6.17. The van der Waals surface area contributed by atoms with Crippen molar-refractivity contribution in [3.63, 3.8) is 0 Å². The number of hydrazine groups is 1. The minimum Gasteiger partial charge on any atom is -0.458 e. The number of β-lactam (4-membered cyclic amide) rings is 1. The van der Waals surface area contributed by atoms with Crippen molar-refractivity contribution >= 4 is 23.8 Å². The van der Waals surface area contributed by atoms with Crippen molar-refractivity contribution in [1.82, 2.24) is 15.8 Å². The molecular formula is C28H35N3O6. The van der Waals surface area contributed by atoms with E-state index in [0.29, 0.717) is 12.8 Å². The predicted molar refractivity (Wildman–Crippen MR) is 137 cm³/mol.